The van der Waals surface area contributed by atoms with Crippen molar-refractivity contribution in [2.45, 2.75) is 133 Å². The summed E-state index contributed by atoms with van der Waals surface area (Å²) >= 11 is 0. The first-order chi connectivity index (χ1) is 36.3. The fraction of sp³-hybridized carbons (Fsp3) is 0.519. The van der Waals surface area contributed by atoms with Gasteiger partial charge in [-0.25, -0.2) is 0 Å². The lowest BCUT2D eigenvalue weighted by Crippen LogP contribution is -2.58. The molecule has 18 N–H and O–H groups in total. The molecule has 24 nitrogen and oxygen atoms in total. The number of hydrogen-bond donors (Lipinski definition) is 12. The van der Waals surface area contributed by atoms with Crippen molar-refractivity contribution in [1.82, 2.24) is 31.6 Å². The smallest absolute Gasteiger partial charge is 0.243 e. The number of primary amides is 1. The van der Waals surface area contributed by atoms with Gasteiger partial charge < -0.3 is 70.7 Å². The fourth-order valence-corrected chi connectivity index (χ4v) is 9.04. The molecule has 0 spiro atoms. The Balaban J connectivity index is 1.78. The number of ketones is 3. The van der Waals surface area contributed by atoms with E-state index in [-0.39, 0.29) is 127 Å². The summed E-state index contributed by atoms with van der Waals surface area (Å²) in [6.45, 7) is 1.35. The highest BCUT2D eigenvalue weighted by Crippen LogP contribution is 2.27. The number of carbonyl (C=O) groups is 9. The van der Waals surface area contributed by atoms with Crippen molar-refractivity contribution in [2.75, 3.05) is 26.7 Å². The van der Waals surface area contributed by atoms with Gasteiger partial charge in [0, 0.05) is 74.6 Å². The summed E-state index contributed by atoms with van der Waals surface area (Å²) in [4.78, 5) is 136. The second-order valence-electron chi connectivity index (χ2n) is 19.1. The Morgan fingerprint density at radius 1 is 0.750 bits per heavy atom. The summed E-state index contributed by atoms with van der Waals surface area (Å²) in [6, 6.07) is 7.80. The van der Waals surface area contributed by atoms with Crippen LogP contribution in [0.3, 0.4) is 0 Å². The number of H-pyrrole nitrogens is 1. The van der Waals surface area contributed by atoms with Gasteiger partial charge in [0.05, 0.1) is 13.2 Å². The van der Waals surface area contributed by atoms with E-state index in [1.54, 1.807) is 30.5 Å². The second kappa shape index (κ2) is 31.1. The van der Waals surface area contributed by atoms with Crippen LogP contribution in [0, 0.1) is 11.8 Å². The van der Waals surface area contributed by atoms with Gasteiger partial charge in [-0.2, -0.15) is 0 Å². The van der Waals surface area contributed by atoms with Crippen LogP contribution in [-0.2, 0) is 56.0 Å². The summed E-state index contributed by atoms with van der Waals surface area (Å²) < 4.78 is 5.43. The van der Waals surface area contributed by atoms with Gasteiger partial charge in [0.1, 0.15) is 41.5 Å². The minimum Gasteiger partial charge on any atom is -0.497 e. The first kappa shape index (κ1) is 60.7. The number of nitrogens with one attached hydrogen (secondary N) is 6. The molecule has 4 rings (SSSR count). The SMILES string of the molecule is COc1cccc(C[C@H]2NC(=O)[C@H](CCN)NC(=O)[C@@H](NC(=O)[C@H](CCCN=C(N)N)NC(C)=O)CCC(=O)CCCC[C@@H](C(N)=O)NC(=O)[C@H](Cc3c[nH]c4ccccc34)CC(=O)[C@H](CCCN=C(N)N)CC2=O)c1. The molecule has 414 valence electrons. The number of benzene rings is 2. The number of Topliss-reactive ketones (excluding diaryl/α,β-unsaturated/α-hetero) is 3. The third-order valence-electron chi connectivity index (χ3n) is 13.1. The molecular formula is C52H76N14O10. The molecule has 76 heavy (non-hydrogen) atoms. The maximum atomic E-state index is 14.8. The van der Waals surface area contributed by atoms with Crippen molar-refractivity contribution in [3.05, 3.63) is 65.9 Å². The molecule has 0 aliphatic carbocycles. The second-order valence-corrected chi connectivity index (χ2v) is 19.1. The number of aromatic nitrogens is 1. The maximum absolute atomic E-state index is 14.8. The van der Waals surface area contributed by atoms with E-state index in [1.807, 2.05) is 24.3 Å². The lowest BCUT2D eigenvalue weighted by Gasteiger charge is -2.27. The van der Waals surface area contributed by atoms with Gasteiger partial charge in [-0.1, -0.05) is 36.8 Å². The Morgan fingerprint density at radius 3 is 2.13 bits per heavy atom. The summed E-state index contributed by atoms with van der Waals surface area (Å²) in [7, 11) is 1.47. The van der Waals surface area contributed by atoms with Gasteiger partial charge >= 0.3 is 0 Å². The zero-order chi connectivity index (χ0) is 55.7. The Morgan fingerprint density at radius 2 is 1.45 bits per heavy atom. The summed E-state index contributed by atoms with van der Waals surface area (Å²) in [6.07, 6.45) is 1.62. The first-order valence-corrected chi connectivity index (χ1v) is 25.6. The Bertz CT molecular complexity index is 2560. The van der Waals surface area contributed by atoms with Crippen molar-refractivity contribution >= 4 is 75.6 Å². The largest absolute Gasteiger partial charge is 0.497 e. The van der Waals surface area contributed by atoms with Gasteiger partial charge in [0.2, 0.25) is 35.4 Å². The zero-order valence-electron chi connectivity index (χ0n) is 43.4. The average molecular weight is 1060 g/mol. The molecule has 0 unspecified atom stereocenters. The number of ether oxygens (including phenoxy) is 1. The molecule has 1 aliphatic rings. The Labute approximate surface area is 441 Å². The number of amides is 6. The van der Waals surface area contributed by atoms with Crippen molar-refractivity contribution in [3.8, 4) is 5.75 Å². The van der Waals surface area contributed by atoms with Gasteiger partial charge in [0.15, 0.2) is 17.7 Å². The molecule has 1 fully saturated rings. The van der Waals surface area contributed by atoms with E-state index in [0.717, 1.165) is 16.5 Å². The van der Waals surface area contributed by atoms with Gasteiger partial charge in [-0.3, -0.25) is 53.1 Å². The topological polar surface area (TPSA) is 420 Å². The lowest BCUT2D eigenvalue weighted by molar-refractivity contribution is -0.135. The van der Waals surface area contributed by atoms with Crippen LogP contribution in [0.2, 0.25) is 0 Å². The van der Waals surface area contributed by atoms with Crippen LogP contribution in [-0.4, -0.2) is 127 Å². The third-order valence-corrected chi connectivity index (χ3v) is 13.1. The fourth-order valence-electron chi connectivity index (χ4n) is 9.04. The minimum atomic E-state index is -1.42. The molecular weight excluding hydrogens is 981 g/mol. The van der Waals surface area contributed by atoms with Crippen molar-refractivity contribution < 1.29 is 47.9 Å². The summed E-state index contributed by atoms with van der Waals surface area (Å²) in [5, 5.41) is 14.2. The highest BCUT2D eigenvalue weighted by atomic mass is 16.5. The van der Waals surface area contributed by atoms with E-state index >= 15 is 0 Å². The first-order valence-electron chi connectivity index (χ1n) is 25.6. The summed E-state index contributed by atoms with van der Waals surface area (Å²) in [5.41, 5.74) is 36.0. The van der Waals surface area contributed by atoms with Crippen molar-refractivity contribution in [3.63, 3.8) is 0 Å². The van der Waals surface area contributed by atoms with Gasteiger partial charge in [-0.05, 0) is 100 Å². The molecule has 7 atom stereocenters. The van der Waals surface area contributed by atoms with Crippen LogP contribution in [0.5, 0.6) is 5.75 Å². The average Bonchev–Trinajstić information content (AvgIpc) is 3.78. The highest BCUT2D eigenvalue weighted by molar-refractivity contribution is 5.98. The number of guanidine groups is 2. The number of fused-ring (bicyclic) bond motifs is 1. The van der Waals surface area contributed by atoms with Crippen LogP contribution in [0.25, 0.3) is 10.9 Å². The predicted molar refractivity (Wildman–Crippen MR) is 286 cm³/mol. The van der Waals surface area contributed by atoms with Crippen LogP contribution >= 0.6 is 0 Å². The minimum absolute atomic E-state index is 0.00973. The van der Waals surface area contributed by atoms with Crippen LogP contribution in [0.4, 0.5) is 0 Å². The van der Waals surface area contributed by atoms with Crippen molar-refractivity contribution in [2.24, 2.45) is 56.2 Å². The monoisotopic (exact) mass is 1060 g/mol. The van der Waals surface area contributed by atoms with Gasteiger partial charge in [0.25, 0.3) is 0 Å². The Kier molecular flexibility index (Phi) is 24.8. The van der Waals surface area contributed by atoms with E-state index in [1.165, 1.54) is 14.0 Å². The maximum Gasteiger partial charge on any atom is 0.243 e. The molecule has 2 heterocycles. The molecule has 6 amide bonds. The molecule has 1 aromatic heterocycles. The normalized spacial score (nSPS) is 21.2. The van der Waals surface area contributed by atoms with E-state index in [2.05, 4.69) is 41.6 Å². The quantitative estimate of drug-likeness (QED) is 0.0406. The number of aromatic amines is 1. The third kappa shape index (κ3) is 20.4. The number of nitrogens with zero attached hydrogens (tertiary/aromatic N) is 2. The van der Waals surface area contributed by atoms with Crippen LogP contribution in [0.15, 0.2) is 64.7 Å². The van der Waals surface area contributed by atoms with E-state index < -0.39 is 95.5 Å². The number of aliphatic imine (C=N–C) groups is 2. The Hall–Kier alpha value is -7.89. The van der Waals surface area contributed by atoms with E-state index in [4.69, 9.17) is 39.1 Å². The van der Waals surface area contributed by atoms with Crippen LogP contribution in [0.1, 0.15) is 102 Å². The number of carbonyl (C=O) groups excluding carboxylic acids is 9. The van der Waals surface area contributed by atoms with Crippen molar-refractivity contribution in [1.29, 1.82) is 0 Å². The zero-order valence-corrected chi connectivity index (χ0v) is 43.4. The van der Waals surface area contributed by atoms with Gasteiger partial charge in [-0.15, -0.1) is 0 Å². The molecule has 0 saturated carbocycles. The van der Waals surface area contributed by atoms with E-state index in [0.29, 0.717) is 11.3 Å². The standard InChI is InChI=1S/C52H76N14O10/c1-30(67)62-40(17-9-23-60-52(57)58)48(73)64-41-19-18-35(68)12-3-5-16-39(46(54)71)63-47(72)33(26-34-29-61-38-15-6-4-14-37(34)38)28-44(69)32(11-8-22-59-51(55)56)27-45(70)43(25-31-10-7-13-36(24-31)76-2)66-50(75)42(20-21-53)65-49(41)74/h4,6-7,10,13-15,24,29,32-33,39-43,61H,3,5,8-9,11-12,16-23,25-28,53H2,1-2H3,(H2,54,71)(H,62,67)(H,63,72)(H,64,73)(H,65,74)(H,66,75)(H4,55,56,59)(H4,57,58,60)/t32-,33-,39+,40+,41+,42+,43-/m1/s1. The lowest BCUT2D eigenvalue weighted by atomic mass is 9.83. The molecule has 2 aromatic carbocycles. The van der Waals surface area contributed by atoms with Crippen LogP contribution < -0.4 is 65.7 Å². The number of nitrogens with two attached hydrogens (primary N) is 6. The number of rotatable bonds is 19. The molecule has 0 radical (unpaired) electrons. The number of para-hydroxylation sites is 1. The predicted octanol–water partition coefficient (Wildman–Crippen LogP) is -0.579. The van der Waals surface area contributed by atoms with E-state index in [9.17, 15) is 43.2 Å². The molecule has 0 bridgehead atoms. The summed E-state index contributed by atoms with van der Waals surface area (Å²) in [5.74, 6) is -7.71. The molecule has 1 saturated heterocycles. The number of methoxy groups -OCH3 is 1. The number of hydrogen-bond acceptors (Lipinski definition) is 13. The molecule has 24 heteroatoms. The highest BCUT2D eigenvalue weighted by Gasteiger charge is 2.35. The molecule has 1 aliphatic heterocycles. The molecule has 3 aromatic rings.